The monoisotopic (exact) mass is 265 g/mol. The smallest absolute Gasteiger partial charge is 0.196 e. The molecule has 0 spiro atoms. The Morgan fingerprint density at radius 2 is 2.00 bits per heavy atom. The van der Waals surface area contributed by atoms with Crippen molar-refractivity contribution >= 4 is 5.69 Å². The van der Waals surface area contributed by atoms with Gasteiger partial charge in [0.1, 0.15) is 5.60 Å². The van der Waals surface area contributed by atoms with Crippen LogP contribution in [0.25, 0.3) is 0 Å². The Morgan fingerprint density at radius 3 is 2.63 bits per heavy atom. The highest BCUT2D eigenvalue weighted by Crippen LogP contribution is 2.29. The molecule has 0 radical (unpaired) electrons. The highest BCUT2D eigenvalue weighted by Gasteiger charge is 2.41. The van der Waals surface area contributed by atoms with Crippen molar-refractivity contribution in [3.05, 3.63) is 29.8 Å². The lowest BCUT2D eigenvalue weighted by molar-refractivity contribution is -0.485. The number of benzene rings is 1. The lowest BCUT2D eigenvalue weighted by Gasteiger charge is -2.42. The van der Waals surface area contributed by atoms with Crippen LogP contribution in [-0.2, 0) is 14.5 Å². The summed E-state index contributed by atoms with van der Waals surface area (Å²) in [5.74, 6) is 0.234. The molecule has 1 aromatic carbocycles. The first-order valence-corrected chi connectivity index (χ1v) is 6.71. The van der Waals surface area contributed by atoms with Crippen molar-refractivity contribution in [1.29, 1.82) is 0 Å². The third-order valence-electron chi connectivity index (χ3n) is 3.12. The van der Waals surface area contributed by atoms with Gasteiger partial charge in [-0.2, -0.15) is 0 Å². The third-order valence-corrected chi connectivity index (χ3v) is 3.12. The summed E-state index contributed by atoms with van der Waals surface area (Å²) in [6, 6.07) is 8.19. The topological polar surface area (TPSA) is 39.7 Å². The van der Waals surface area contributed by atoms with Gasteiger partial charge in [0.2, 0.25) is 0 Å². The average molecular weight is 265 g/mol. The van der Waals surface area contributed by atoms with Gasteiger partial charge in [0.05, 0.1) is 0 Å². The summed E-state index contributed by atoms with van der Waals surface area (Å²) in [6.45, 7) is 10.0. The van der Waals surface area contributed by atoms with E-state index in [1.54, 1.807) is 0 Å². The SMILES string of the molecule is Cc1cccc(NC2OC(C(C)C)OOC2(C)C)c1. The van der Waals surface area contributed by atoms with Crippen molar-refractivity contribution in [3.8, 4) is 0 Å². The Kier molecular flexibility index (Phi) is 4.13. The van der Waals surface area contributed by atoms with Crippen LogP contribution < -0.4 is 5.32 Å². The van der Waals surface area contributed by atoms with Gasteiger partial charge in [-0.05, 0) is 38.5 Å². The van der Waals surface area contributed by atoms with Crippen molar-refractivity contribution < 1.29 is 14.5 Å². The first-order chi connectivity index (χ1) is 8.88. The fourth-order valence-electron chi connectivity index (χ4n) is 1.90. The Labute approximate surface area is 115 Å². The van der Waals surface area contributed by atoms with E-state index >= 15 is 0 Å². The number of ether oxygens (including phenoxy) is 1. The van der Waals surface area contributed by atoms with Crippen molar-refractivity contribution in [2.45, 2.75) is 52.7 Å². The Bertz CT molecular complexity index is 431. The summed E-state index contributed by atoms with van der Waals surface area (Å²) in [5.41, 5.74) is 1.68. The van der Waals surface area contributed by atoms with E-state index in [4.69, 9.17) is 14.5 Å². The van der Waals surface area contributed by atoms with Gasteiger partial charge in [-0.25, -0.2) is 9.78 Å². The van der Waals surface area contributed by atoms with Crippen LogP contribution in [0.3, 0.4) is 0 Å². The normalized spacial score (nSPS) is 26.4. The number of nitrogens with one attached hydrogen (secondary N) is 1. The molecule has 0 amide bonds. The van der Waals surface area contributed by atoms with E-state index in [-0.39, 0.29) is 18.4 Å². The van der Waals surface area contributed by atoms with Gasteiger partial charge in [0.15, 0.2) is 12.5 Å². The lowest BCUT2D eigenvalue weighted by atomic mass is 10.1. The number of hydrogen-bond donors (Lipinski definition) is 1. The van der Waals surface area contributed by atoms with Crippen molar-refractivity contribution in [1.82, 2.24) is 0 Å². The fourth-order valence-corrected chi connectivity index (χ4v) is 1.90. The van der Waals surface area contributed by atoms with Crippen LogP contribution in [0.1, 0.15) is 33.3 Å². The summed E-state index contributed by atoms with van der Waals surface area (Å²) in [4.78, 5) is 10.8. The maximum absolute atomic E-state index is 5.95. The quantitative estimate of drug-likeness (QED) is 0.849. The molecule has 1 aliphatic rings. The minimum atomic E-state index is -0.546. The molecule has 0 aliphatic carbocycles. The lowest BCUT2D eigenvalue weighted by Crippen LogP contribution is -2.54. The third kappa shape index (κ3) is 3.47. The molecular weight excluding hydrogens is 242 g/mol. The molecule has 0 bridgehead atoms. The minimum absolute atomic E-state index is 0.234. The first kappa shape index (κ1) is 14.3. The molecule has 1 aromatic rings. The van der Waals surface area contributed by atoms with E-state index < -0.39 is 5.60 Å². The van der Waals surface area contributed by atoms with Crippen LogP contribution in [-0.4, -0.2) is 18.1 Å². The summed E-state index contributed by atoms with van der Waals surface area (Å²) in [6.07, 6.45) is -0.606. The second-order valence-electron chi connectivity index (χ2n) is 5.93. The predicted octanol–water partition coefficient (Wildman–Crippen LogP) is 3.47. The van der Waals surface area contributed by atoms with Gasteiger partial charge in [-0.1, -0.05) is 26.0 Å². The Balaban J connectivity index is 2.11. The molecule has 106 valence electrons. The van der Waals surface area contributed by atoms with Gasteiger partial charge < -0.3 is 10.1 Å². The summed E-state index contributed by atoms with van der Waals surface area (Å²) in [7, 11) is 0. The van der Waals surface area contributed by atoms with Crippen LogP contribution in [0, 0.1) is 12.8 Å². The number of aryl methyl sites for hydroxylation is 1. The van der Waals surface area contributed by atoms with Crippen LogP contribution >= 0.6 is 0 Å². The Hall–Kier alpha value is -1.10. The summed E-state index contributed by atoms with van der Waals surface area (Å²) >= 11 is 0. The van der Waals surface area contributed by atoms with E-state index in [0.29, 0.717) is 0 Å². The van der Waals surface area contributed by atoms with Crippen molar-refractivity contribution in [2.24, 2.45) is 5.92 Å². The number of hydrogen-bond acceptors (Lipinski definition) is 4. The second-order valence-corrected chi connectivity index (χ2v) is 5.93. The van der Waals surface area contributed by atoms with Gasteiger partial charge >= 0.3 is 0 Å². The minimum Gasteiger partial charge on any atom is -0.358 e. The van der Waals surface area contributed by atoms with Gasteiger partial charge in [-0.3, -0.25) is 0 Å². The first-order valence-electron chi connectivity index (χ1n) is 6.71. The van der Waals surface area contributed by atoms with E-state index in [0.717, 1.165) is 5.69 Å². The standard InChI is InChI=1S/C15H23NO3/c1-10(2)13-17-14(15(4,5)19-18-13)16-12-8-6-7-11(3)9-12/h6-10,13-14,16H,1-5H3. The van der Waals surface area contributed by atoms with Crippen LogP contribution in [0.4, 0.5) is 5.69 Å². The Morgan fingerprint density at radius 1 is 1.26 bits per heavy atom. The molecule has 19 heavy (non-hydrogen) atoms. The highest BCUT2D eigenvalue weighted by atomic mass is 17.2. The average Bonchev–Trinajstić information content (AvgIpc) is 2.31. The number of rotatable bonds is 3. The number of anilines is 1. The van der Waals surface area contributed by atoms with Crippen molar-refractivity contribution in [2.75, 3.05) is 5.32 Å². The molecule has 4 nitrogen and oxygen atoms in total. The largest absolute Gasteiger partial charge is 0.358 e. The molecule has 1 saturated heterocycles. The molecule has 0 saturated carbocycles. The zero-order valence-corrected chi connectivity index (χ0v) is 12.3. The maximum atomic E-state index is 5.95. The molecule has 4 heteroatoms. The van der Waals surface area contributed by atoms with E-state index in [2.05, 4.69) is 24.4 Å². The zero-order valence-electron chi connectivity index (χ0n) is 12.3. The second kappa shape index (κ2) is 5.49. The van der Waals surface area contributed by atoms with E-state index in [9.17, 15) is 0 Å². The van der Waals surface area contributed by atoms with Gasteiger partial charge in [-0.15, -0.1) is 0 Å². The molecule has 1 fully saturated rings. The molecule has 2 unspecified atom stereocenters. The van der Waals surface area contributed by atoms with Crippen molar-refractivity contribution in [3.63, 3.8) is 0 Å². The molecule has 1 heterocycles. The van der Waals surface area contributed by atoms with E-state index in [1.807, 2.05) is 39.8 Å². The molecule has 2 rings (SSSR count). The van der Waals surface area contributed by atoms with E-state index in [1.165, 1.54) is 5.56 Å². The predicted molar refractivity (Wildman–Crippen MR) is 74.5 cm³/mol. The molecule has 1 aliphatic heterocycles. The molecule has 1 N–H and O–H groups in total. The molecule has 0 aromatic heterocycles. The zero-order chi connectivity index (χ0) is 14.0. The molecular formula is C15H23NO3. The van der Waals surface area contributed by atoms with Crippen LogP contribution in [0.2, 0.25) is 0 Å². The summed E-state index contributed by atoms with van der Waals surface area (Å²) in [5, 5.41) is 3.37. The van der Waals surface area contributed by atoms with Gasteiger partial charge in [0, 0.05) is 11.6 Å². The van der Waals surface area contributed by atoms with Crippen LogP contribution in [0.15, 0.2) is 24.3 Å². The highest BCUT2D eigenvalue weighted by molar-refractivity contribution is 5.46. The van der Waals surface area contributed by atoms with Crippen LogP contribution in [0.5, 0.6) is 0 Å². The molecule has 2 atom stereocenters. The fraction of sp³-hybridized carbons (Fsp3) is 0.600. The summed E-state index contributed by atoms with van der Waals surface area (Å²) < 4.78 is 5.95. The maximum Gasteiger partial charge on any atom is 0.196 e. The van der Waals surface area contributed by atoms with Gasteiger partial charge in [0.25, 0.3) is 0 Å².